The van der Waals surface area contributed by atoms with E-state index in [2.05, 4.69) is 10.1 Å². The molecule has 3 aromatic rings. The highest BCUT2D eigenvalue weighted by Crippen LogP contribution is 2.29. The average molecular weight is 357 g/mol. The Morgan fingerprint density at radius 2 is 1.67 bits per heavy atom. The van der Waals surface area contributed by atoms with Crippen LogP contribution in [0, 0.1) is 0 Å². The van der Waals surface area contributed by atoms with Gasteiger partial charge in [-0.15, -0.1) is 0 Å². The first-order chi connectivity index (χ1) is 13.3. The Balaban J connectivity index is 1.62. The number of hydrazone groups is 1. The van der Waals surface area contributed by atoms with Gasteiger partial charge in [0.2, 0.25) is 0 Å². The monoisotopic (exact) mass is 357 g/mol. The lowest BCUT2D eigenvalue weighted by atomic mass is 10.1. The van der Waals surface area contributed by atoms with Gasteiger partial charge in [-0.3, -0.25) is 9.78 Å². The molecule has 0 N–H and O–H groups in total. The molecule has 1 aliphatic rings. The van der Waals surface area contributed by atoms with Gasteiger partial charge in [0.05, 0.1) is 24.4 Å². The summed E-state index contributed by atoms with van der Waals surface area (Å²) in [7, 11) is 0. The average Bonchev–Trinajstić information content (AvgIpc) is 3.11. The summed E-state index contributed by atoms with van der Waals surface area (Å²) in [6, 6.07) is 19.4. The van der Waals surface area contributed by atoms with Crippen molar-refractivity contribution in [1.82, 2.24) is 4.98 Å². The van der Waals surface area contributed by atoms with Crippen molar-refractivity contribution in [2.24, 2.45) is 5.10 Å². The van der Waals surface area contributed by atoms with E-state index in [0.29, 0.717) is 6.61 Å². The number of amides is 1. The largest absolute Gasteiger partial charge is 0.493 e. The molecule has 0 saturated carbocycles. The smallest absolute Gasteiger partial charge is 0.253 e. The fourth-order valence-corrected chi connectivity index (χ4v) is 3.11. The van der Waals surface area contributed by atoms with E-state index in [1.54, 1.807) is 12.4 Å². The van der Waals surface area contributed by atoms with Crippen molar-refractivity contribution in [2.75, 3.05) is 11.6 Å². The van der Waals surface area contributed by atoms with Crippen LogP contribution in [0.3, 0.4) is 0 Å². The first-order valence-electron chi connectivity index (χ1n) is 8.89. The first kappa shape index (κ1) is 17.0. The van der Waals surface area contributed by atoms with Crippen LogP contribution in [0.1, 0.15) is 18.9 Å². The van der Waals surface area contributed by atoms with E-state index in [9.17, 15) is 4.79 Å². The molecule has 134 valence electrons. The van der Waals surface area contributed by atoms with Gasteiger partial charge in [0.25, 0.3) is 5.91 Å². The summed E-state index contributed by atoms with van der Waals surface area (Å²) in [5, 5.41) is 6.03. The third-order valence-corrected chi connectivity index (χ3v) is 4.40. The van der Waals surface area contributed by atoms with Crippen molar-refractivity contribution in [3.05, 3.63) is 78.6 Å². The summed E-state index contributed by atoms with van der Waals surface area (Å²) in [5.74, 6) is 0.703. The molecule has 0 saturated heterocycles. The van der Waals surface area contributed by atoms with Gasteiger partial charge in [-0.1, -0.05) is 24.3 Å². The molecule has 0 aliphatic carbocycles. The minimum Gasteiger partial charge on any atom is -0.493 e. The molecule has 0 spiro atoms. The maximum absolute atomic E-state index is 12.5. The lowest BCUT2D eigenvalue weighted by Gasteiger charge is -2.12. The number of para-hydroxylation sites is 1. The number of anilines is 1. The molecule has 1 aliphatic heterocycles. The highest BCUT2D eigenvalue weighted by molar-refractivity contribution is 6.20. The number of pyridine rings is 1. The molecule has 0 fully saturated rings. The quantitative estimate of drug-likeness (QED) is 0.684. The van der Waals surface area contributed by atoms with E-state index < -0.39 is 0 Å². The standard InChI is InChI=1S/C22H19N3O2/c1-2-27-21-6-4-3-5-19(21)20-15-22(26)25(24-20)18-9-7-16(8-10-18)17-11-13-23-14-12-17/h3-14H,2,15H2,1H3. The molecule has 27 heavy (non-hydrogen) atoms. The van der Waals surface area contributed by atoms with Crippen molar-refractivity contribution < 1.29 is 9.53 Å². The molecule has 5 heteroatoms. The minimum absolute atomic E-state index is 0.0482. The second-order valence-corrected chi connectivity index (χ2v) is 6.14. The summed E-state index contributed by atoms with van der Waals surface area (Å²) in [6.45, 7) is 2.51. The first-order valence-corrected chi connectivity index (χ1v) is 8.89. The van der Waals surface area contributed by atoms with Crippen LogP contribution in [-0.4, -0.2) is 23.2 Å². The molecule has 5 nitrogen and oxygen atoms in total. The van der Waals surface area contributed by atoms with Crippen molar-refractivity contribution >= 4 is 17.3 Å². The topological polar surface area (TPSA) is 54.8 Å². The summed E-state index contributed by atoms with van der Waals surface area (Å²) < 4.78 is 5.67. The van der Waals surface area contributed by atoms with Gasteiger partial charge in [0.1, 0.15) is 5.75 Å². The van der Waals surface area contributed by atoms with Crippen molar-refractivity contribution in [2.45, 2.75) is 13.3 Å². The van der Waals surface area contributed by atoms with Crippen LogP contribution in [0.2, 0.25) is 0 Å². The normalized spacial score (nSPS) is 13.6. The van der Waals surface area contributed by atoms with Crippen LogP contribution < -0.4 is 9.75 Å². The fourth-order valence-electron chi connectivity index (χ4n) is 3.11. The molecule has 0 atom stereocenters. The second-order valence-electron chi connectivity index (χ2n) is 6.14. The Morgan fingerprint density at radius 3 is 2.41 bits per heavy atom. The minimum atomic E-state index is -0.0482. The van der Waals surface area contributed by atoms with E-state index in [1.807, 2.05) is 67.6 Å². The molecule has 0 bridgehead atoms. The van der Waals surface area contributed by atoms with Crippen LogP contribution in [0.4, 0.5) is 5.69 Å². The lowest BCUT2D eigenvalue weighted by Crippen LogP contribution is -2.19. The van der Waals surface area contributed by atoms with E-state index in [4.69, 9.17) is 4.74 Å². The van der Waals surface area contributed by atoms with E-state index in [0.717, 1.165) is 33.8 Å². The van der Waals surface area contributed by atoms with Gasteiger partial charge in [-0.2, -0.15) is 5.10 Å². The Morgan fingerprint density at radius 1 is 0.963 bits per heavy atom. The Bertz CT molecular complexity index is 982. The number of hydrogen-bond acceptors (Lipinski definition) is 4. The van der Waals surface area contributed by atoms with E-state index >= 15 is 0 Å². The van der Waals surface area contributed by atoms with Crippen molar-refractivity contribution in [1.29, 1.82) is 0 Å². The second kappa shape index (κ2) is 7.41. The number of ether oxygens (including phenoxy) is 1. The molecule has 2 aromatic carbocycles. The Hall–Kier alpha value is -3.47. The molecular formula is C22H19N3O2. The van der Waals surface area contributed by atoms with E-state index in [-0.39, 0.29) is 12.3 Å². The number of rotatable bonds is 5. The van der Waals surface area contributed by atoms with Gasteiger partial charge >= 0.3 is 0 Å². The molecule has 1 aromatic heterocycles. The predicted octanol–water partition coefficient (Wildman–Crippen LogP) is 4.29. The van der Waals surface area contributed by atoms with Crippen LogP contribution in [0.15, 0.2) is 78.2 Å². The number of aromatic nitrogens is 1. The number of hydrogen-bond donors (Lipinski definition) is 0. The zero-order chi connectivity index (χ0) is 18.6. The lowest BCUT2D eigenvalue weighted by molar-refractivity contribution is -0.116. The molecule has 1 amide bonds. The maximum atomic E-state index is 12.5. The molecule has 4 rings (SSSR count). The maximum Gasteiger partial charge on any atom is 0.253 e. The molecule has 0 radical (unpaired) electrons. The third kappa shape index (κ3) is 3.44. The SMILES string of the molecule is CCOc1ccccc1C1=NN(c2ccc(-c3ccncc3)cc2)C(=O)C1. The van der Waals surface area contributed by atoms with Gasteiger partial charge in [0.15, 0.2) is 0 Å². The highest BCUT2D eigenvalue weighted by Gasteiger charge is 2.27. The van der Waals surface area contributed by atoms with Crippen LogP contribution in [-0.2, 0) is 4.79 Å². The van der Waals surface area contributed by atoms with Crippen LogP contribution in [0.5, 0.6) is 5.75 Å². The fraction of sp³-hybridized carbons (Fsp3) is 0.136. The van der Waals surface area contributed by atoms with Gasteiger partial charge < -0.3 is 4.74 Å². The summed E-state index contributed by atoms with van der Waals surface area (Å²) in [4.78, 5) is 16.6. The van der Waals surface area contributed by atoms with Gasteiger partial charge in [-0.25, -0.2) is 5.01 Å². The number of benzene rings is 2. The van der Waals surface area contributed by atoms with Crippen LogP contribution in [0.25, 0.3) is 11.1 Å². The predicted molar refractivity (Wildman–Crippen MR) is 106 cm³/mol. The molecule has 0 unspecified atom stereocenters. The summed E-state index contributed by atoms with van der Waals surface area (Å²) >= 11 is 0. The van der Waals surface area contributed by atoms with Gasteiger partial charge in [0, 0.05) is 18.0 Å². The zero-order valence-electron chi connectivity index (χ0n) is 15.0. The van der Waals surface area contributed by atoms with E-state index in [1.165, 1.54) is 5.01 Å². The third-order valence-electron chi connectivity index (χ3n) is 4.40. The van der Waals surface area contributed by atoms with Gasteiger partial charge in [-0.05, 0) is 54.4 Å². The van der Waals surface area contributed by atoms with Crippen LogP contribution >= 0.6 is 0 Å². The summed E-state index contributed by atoms with van der Waals surface area (Å²) in [5.41, 5.74) is 4.49. The summed E-state index contributed by atoms with van der Waals surface area (Å²) in [6.07, 6.45) is 3.79. The van der Waals surface area contributed by atoms with Crippen molar-refractivity contribution in [3.8, 4) is 16.9 Å². The van der Waals surface area contributed by atoms with Crippen molar-refractivity contribution in [3.63, 3.8) is 0 Å². The zero-order valence-corrected chi connectivity index (χ0v) is 15.0. The molecular weight excluding hydrogens is 338 g/mol. The Labute approximate surface area is 157 Å². The number of carbonyl (C=O) groups excluding carboxylic acids is 1. The Kier molecular flexibility index (Phi) is 4.66. The number of nitrogens with zero attached hydrogens (tertiary/aromatic N) is 3. The molecule has 2 heterocycles. The number of carbonyl (C=O) groups is 1. The highest BCUT2D eigenvalue weighted by atomic mass is 16.5.